The molecular weight excluding hydrogens is 654 g/mol. The molecule has 3 aromatic carbocycles. The van der Waals surface area contributed by atoms with E-state index in [0.29, 0.717) is 23.4 Å². The zero-order chi connectivity index (χ0) is 35.6. The topological polar surface area (TPSA) is 187 Å². The standard InChI is InChI=1S/C36H43NO13/c1-42-22-12-10-21(11-13-22)36-29(20-8-6-5-7-9-20)28(32(40)44-3)31(39)35(36,41)30-25(43-2)16-23(17-26(30)50-36)48-34-33(45-4)47-19-27(49-34)24(38)18-46-15-14-37/h5-13,16-17,24,27-29,31,33-34,38-39,41H,14-15,18-19,37H2,1-4H3/t24-,27-,28-,29-,31?,33-,34-,35+,36+/m1/s1. The van der Waals surface area contributed by atoms with Crippen LogP contribution in [0.2, 0.25) is 0 Å². The van der Waals surface area contributed by atoms with Crippen molar-refractivity contribution in [1.82, 2.24) is 0 Å². The van der Waals surface area contributed by atoms with Crippen LogP contribution in [0.1, 0.15) is 22.6 Å². The molecule has 3 aromatic rings. The van der Waals surface area contributed by atoms with Crippen LogP contribution >= 0.6 is 0 Å². The summed E-state index contributed by atoms with van der Waals surface area (Å²) < 4.78 is 52.2. The Bertz CT molecular complexity index is 1620. The largest absolute Gasteiger partial charge is 0.497 e. The minimum Gasteiger partial charge on any atom is -0.497 e. The molecule has 9 atom stereocenters. The van der Waals surface area contributed by atoms with E-state index in [0.717, 1.165) is 0 Å². The first-order chi connectivity index (χ1) is 24.2. The van der Waals surface area contributed by atoms with Gasteiger partial charge < -0.3 is 63.7 Å². The quantitative estimate of drug-likeness (QED) is 0.149. The van der Waals surface area contributed by atoms with Crippen molar-refractivity contribution in [3.63, 3.8) is 0 Å². The summed E-state index contributed by atoms with van der Waals surface area (Å²) in [4.78, 5) is 13.5. The number of esters is 1. The third-order valence-corrected chi connectivity index (χ3v) is 9.61. The Kier molecular flexibility index (Phi) is 10.5. The molecule has 270 valence electrons. The molecule has 1 unspecified atom stereocenters. The average Bonchev–Trinajstić information content (AvgIpc) is 3.52. The SMILES string of the molecule is COC(=O)[C@H]1C(O)[C@@]2(O)c3c(OC)cc(O[C@@H]4O[C@@H]([C@H](O)COCCN)CO[C@H]4OC)cc3O[C@@]2(c2ccc(OC)cc2)[C@@H]1c1ccccc1. The molecule has 50 heavy (non-hydrogen) atoms. The minimum absolute atomic E-state index is 0.0136. The van der Waals surface area contributed by atoms with E-state index in [-0.39, 0.29) is 42.6 Å². The van der Waals surface area contributed by atoms with E-state index in [1.54, 1.807) is 48.5 Å². The van der Waals surface area contributed by atoms with Gasteiger partial charge >= 0.3 is 5.97 Å². The van der Waals surface area contributed by atoms with Crippen LogP contribution in [-0.4, -0.2) is 107 Å². The summed E-state index contributed by atoms with van der Waals surface area (Å²) >= 11 is 0. The normalized spacial score (nSPS) is 30.5. The molecular formula is C36H43NO13. The highest BCUT2D eigenvalue weighted by Gasteiger charge is 2.78. The molecule has 5 N–H and O–H groups in total. The highest BCUT2D eigenvalue weighted by Crippen LogP contribution is 2.70. The number of methoxy groups -OCH3 is 4. The van der Waals surface area contributed by atoms with Gasteiger partial charge in [-0.1, -0.05) is 42.5 Å². The summed E-state index contributed by atoms with van der Waals surface area (Å²) in [5.74, 6) is -1.99. The summed E-state index contributed by atoms with van der Waals surface area (Å²) in [6.07, 6.45) is -5.70. The molecule has 0 radical (unpaired) electrons. The zero-order valence-electron chi connectivity index (χ0n) is 28.2. The van der Waals surface area contributed by atoms with Gasteiger partial charge in [-0.3, -0.25) is 4.79 Å². The Morgan fingerprint density at radius 2 is 1.74 bits per heavy atom. The zero-order valence-corrected chi connectivity index (χ0v) is 28.2. The van der Waals surface area contributed by atoms with Gasteiger partial charge in [0.25, 0.3) is 6.29 Å². The van der Waals surface area contributed by atoms with Crippen LogP contribution in [0, 0.1) is 5.92 Å². The van der Waals surface area contributed by atoms with E-state index >= 15 is 0 Å². The second-order valence-corrected chi connectivity index (χ2v) is 12.2. The molecule has 0 spiro atoms. The lowest BCUT2D eigenvalue weighted by Crippen LogP contribution is -2.52. The fraction of sp³-hybridized carbons (Fsp3) is 0.472. The maximum atomic E-state index is 13.5. The Balaban J connectivity index is 1.46. The Labute approximate surface area is 289 Å². The van der Waals surface area contributed by atoms with Crippen molar-refractivity contribution in [2.24, 2.45) is 11.7 Å². The van der Waals surface area contributed by atoms with Crippen LogP contribution in [-0.2, 0) is 39.7 Å². The van der Waals surface area contributed by atoms with Gasteiger partial charge in [0, 0.05) is 31.7 Å². The smallest absolute Gasteiger partial charge is 0.312 e. The second kappa shape index (κ2) is 14.7. The van der Waals surface area contributed by atoms with Crippen LogP contribution < -0.4 is 24.7 Å². The minimum atomic E-state index is -2.25. The molecule has 6 rings (SSSR count). The summed E-state index contributed by atoms with van der Waals surface area (Å²) in [5, 5.41) is 35.9. The number of aliphatic hydroxyl groups excluding tert-OH is 2. The van der Waals surface area contributed by atoms with Gasteiger partial charge in [0.2, 0.25) is 6.29 Å². The fourth-order valence-electron chi connectivity index (χ4n) is 7.39. The number of hydrogen-bond donors (Lipinski definition) is 4. The maximum Gasteiger partial charge on any atom is 0.312 e. The lowest BCUT2D eigenvalue weighted by Gasteiger charge is -2.40. The fourth-order valence-corrected chi connectivity index (χ4v) is 7.39. The van der Waals surface area contributed by atoms with Crippen molar-refractivity contribution < 1.29 is 62.7 Å². The predicted octanol–water partition coefficient (Wildman–Crippen LogP) is 1.56. The molecule has 0 bridgehead atoms. The van der Waals surface area contributed by atoms with Gasteiger partial charge in [0.05, 0.1) is 52.6 Å². The number of carbonyl (C=O) groups excluding carboxylic acids is 1. The van der Waals surface area contributed by atoms with E-state index in [1.807, 2.05) is 6.07 Å². The van der Waals surface area contributed by atoms with Crippen molar-refractivity contribution in [2.45, 2.75) is 48.0 Å². The second-order valence-electron chi connectivity index (χ2n) is 12.2. The van der Waals surface area contributed by atoms with Crippen molar-refractivity contribution in [3.05, 3.63) is 83.4 Å². The van der Waals surface area contributed by atoms with Gasteiger partial charge in [-0.25, -0.2) is 0 Å². The first-order valence-electron chi connectivity index (χ1n) is 16.2. The number of benzene rings is 3. The molecule has 2 aliphatic heterocycles. The van der Waals surface area contributed by atoms with E-state index in [2.05, 4.69) is 0 Å². The average molecular weight is 698 g/mol. The first-order valence-corrected chi connectivity index (χ1v) is 16.2. The third kappa shape index (κ3) is 5.85. The molecule has 1 aliphatic carbocycles. The van der Waals surface area contributed by atoms with Crippen LogP contribution in [0.5, 0.6) is 23.0 Å². The maximum absolute atomic E-state index is 13.5. The molecule has 3 aliphatic rings. The summed E-state index contributed by atoms with van der Waals surface area (Å²) in [7, 11) is 5.59. The van der Waals surface area contributed by atoms with E-state index in [9.17, 15) is 20.1 Å². The molecule has 14 nitrogen and oxygen atoms in total. The van der Waals surface area contributed by atoms with Crippen LogP contribution in [0.3, 0.4) is 0 Å². The summed E-state index contributed by atoms with van der Waals surface area (Å²) in [6.45, 7) is 0.555. The molecule has 0 aromatic heterocycles. The van der Waals surface area contributed by atoms with Gasteiger partial charge in [-0.05, 0) is 23.3 Å². The number of aliphatic hydroxyl groups is 3. The number of nitrogens with two attached hydrogens (primary N) is 1. The molecule has 2 fully saturated rings. The van der Waals surface area contributed by atoms with Gasteiger partial charge in [-0.2, -0.15) is 0 Å². The van der Waals surface area contributed by atoms with Crippen molar-refractivity contribution in [1.29, 1.82) is 0 Å². The molecule has 0 amide bonds. The predicted molar refractivity (Wildman–Crippen MR) is 175 cm³/mol. The lowest BCUT2D eigenvalue weighted by molar-refractivity contribution is -0.324. The van der Waals surface area contributed by atoms with Crippen molar-refractivity contribution >= 4 is 5.97 Å². The van der Waals surface area contributed by atoms with E-state index in [1.165, 1.54) is 40.6 Å². The number of ether oxygens (including phenoxy) is 9. The highest BCUT2D eigenvalue weighted by atomic mass is 16.8. The van der Waals surface area contributed by atoms with Crippen LogP contribution in [0.4, 0.5) is 0 Å². The Morgan fingerprint density at radius 3 is 2.38 bits per heavy atom. The van der Waals surface area contributed by atoms with E-state index in [4.69, 9.17) is 48.4 Å². The third-order valence-electron chi connectivity index (χ3n) is 9.61. The molecule has 2 heterocycles. The highest BCUT2D eigenvalue weighted by molar-refractivity contribution is 5.78. The summed E-state index contributed by atoms with van der Waals surface area (Å²) in [6, 6.07) is 18.9. The number of carbonyl (C=O) groups is 1. The molecule has 1 saturated carbocycles. The van der Waals surface area contributed by atoms with Gasteiger partial charge in [0.15, 0.2) is 11.2 Å². The number of hydrogen-bond acceptors (Lipinski definition) is 14. The first kappa shape index (κ1) is 35.8. The van der Waals surface area contributed by atoms with E-state index < -0.39 is 59.9 Å². The lowest BCUT2D eigenvalue weighted by atomic mass is 9.70. The Hall–Kier alpha value is -3.99. The number of rotatable bonds is 13. The van der Waals surface area contributed by atoms with Crippen molar-refractivity contribution in [3.8, 4) is 23.0 Å². The van der Waals surface area contributed by atoms with Crippen LogP contribution in [0.15, 0.2) is 66.7 Å². The number of fused-ring (bicyclic) bond motifs is 3. The monoisotopic (exact) mass is 697 g/mol. The van der Waals surface area contributed by atoms with Crippen LogP contribution in [0.25, 0.3) is 0 Å². The van der Waals surface area contributed by atoms with Gasteiger partial charge in [-0.15, -0.1) is 0 Å². The van der Waals surface area contributed by atoms with Gasteiger partial charge in [0.1, 0.15) is 41.3 Å². The Morgan fingerprint density at radius 1 is 1.00 bits per heavy atom. The molecule has 14 heteroatoms. The van der Waals surface area contributed by atoms with Crippen molar-refractivity contribution in [2.75, 3.05) is 54.8 Å². The summed E-state index contributed by atoms with van der Waals surface area (Å²) in [5.41, 5.74) is 2.63. The molecule has 1 saturated heterocycles.